The van der Waals surface area contributed by atoms with E-state index < -0.39 is 0 Å². The fourth-order valence-electron chi connectivity index (χ4n) is 2.42. The first-order valence-corrected chi connectivity index (χ1v) is 6.70. The van der Waals surface area contributed by atoms with Gasteiger partial charge in [0, 0.05) is 5.56 Å². The van der Waals surface area contributed by atoms with Crippen molar-refractivity contribution in [2.24, 2.45) is 4.99 Å². The lowest BCUT2D eigenvalue weighted by Gasteiger charge is -2.27. The Labute approximate surface area is 104 Å². The number of benzene rings is 1. The lowest BCUT2D eigenvalue weighted by Crippen LogP contribution is -2.35. The summed E-state index contributed by atoms with van der Waals surface area (Å²) in [5.41, 5.74) is 1.09. The highest BCUT2D eigenvalue weighted by molar-refractivity contribution is 9.09. The van der Waals surface area contributed by atoms with Crippen molar-refractivity contribution in [3.63, 3.8) is 0 Å². The van der Waals surface area contributed by atoms with E-state index in [1.807, 2.05) is 18.2 Å². The molecule has 1 aromatic rings. The Morgan fingerprint density at radius 1 is 1.19 bits per heavy atom. The maximum atomic E-state index is 5.97. The SMILES string of the molecule is BrC1CCCC2N=C(c3ccccc3)OC12. The fraction of sp³-hybridized carbons (Fsp3) is 0.462. The Hall–Kier alpha value is -0.830. The zero-order chi connectivity index (χ0) is 11.0. The molecule has 0 aromatic heterocycles. The van der Waals surface area contributed by atoms with Crippen LogP contribution in [-0.2, 0) is 4.74 Å². The molecule has 2 nitrogen and oxygen atoms in total. The first kappa shape index (κ1) is 10.3. The van der Waals surface area contributed by atoms with Gasteiger partial charge in [-0.1, -0.05) is 34.1 Å². The maximum Gasteiger partial charge on any atom is 0.216 e. The molecule has 2 aliphatic rings. The average Bonchev–Trinajstić information content (AvgIpc) is 2.76. The van der Waals surface area contributed by atoms with Crippen LogP contribution in [-0.4, -0.2) is 22.9 Å². The van der Waals surface area contributed by atoms with E-state index in [-0.39, 0.29) is 6.10 Å². The zero-order valence-electron chi connectivity index (χ0n) is 8.97. The molecule has 3 atom stereocenters. The minimum atomic E-state index is 0.240. The molecule has 0 N–H and O–H groups in total. The Kier molecular flexibility index (Phi) is 2.72. The van der Waals surface area contributed by atoms with Crippen LogP contribution in [0.2, 0.25) is 0 Å². The molecule has 3 rings (SSSR count). The third-order valence-electron chi connectivity index (χ3n) is 3.27. The number of nitrogens with zero attached hydrogens (tertiary/aromatic N) is 1. The molecular formula is C13H14BrNO. The van der Waals surface area contributed by atoms with Crippen LogP contribution in [0.4, 0.5) is 0 Å². The molecular weight excluding hydrogens is 266 g/mol. The van der Waals surface area contributed by atoms with Crippen LogP contribution in [0.15, 0.2) is 35.3 Å². The predicted octanol–water partition coefficient (Wildman–Crippen LogP) is 3.15. The lowest BCUT2D eigenvalue weighted by atomic mass is 9.93. The second-order valence-corrected chi connectivity index (χ2v) is 5.57. The average molecular weight is 280 g/mol. The van der Waals surface area contributed by atoms with Crippen molar-refractivity contribution in [2.45, 2.75) is 36.2 Å². The second-order valence-electron chi connectivity index (χ2n) is 4.40. The number of fused-ring (bicyclic) bond motifs is 1. The Morgan fingerprint density at radius 3 is 2.75 bits per heavy atom. The summed E-state index contributed by atoms with van der Waals surface area (Å²) < 4.78 is 5.97. The Morgan fingerprint density at radius 2 is 2.00 bits per heavy atom. The predicted molar refractivity (Wildman–Crippen MR) is 68.2 cm³/mol. The highest BCUT2D eigenvalue weighted by atomic mass is 79.9. The van der Waals surface area contributed by atoms with Crippen molar-refractivity contribution in [2.75, 3.05) is 0 Å². The van der Waals surface area contributed by atoms with Gasteiger partial charge >= 0.3 is 0 Å². The molecule has 0 radical (unpaired) electrons. The molecule has 0 amide bonds. The number of aliphatic imine (C=N–C) groups is 1. The van der Waals surface area contributed by atoms with Crippen LogP contribution in [0, 0.1) is 0 Å². The fourth-order valence-corrected chi connectivity index (χ4v) is 3.20. The molecule has 0 bridgehead atoms. The van der Waals surface area contributed by atoms with Gasteiger partial charge in [0.1, 0.15) is 6.10 Å². The summed E-state index contributed by atoms with van der Waals surface area (Å²) in [7, 11) is 0. The van der Waals surface area contributed by atoms with Gasteiger partial charge in [-0.2, -0.15) is 0 Å². The zero-order valence-corrected chi connectivity index (χ0v) is 10.6. The Balaban J connectivity index is 1.85. The molecule has 1 heterocycles. The van der Waals surface area contributed by atoms with Crippen molar-refractivity contribution < 1.29 is 4.74 Å². The van der Waals surface area contributed by atoms with Gasteiger partial charge in [0.2, 0.25) is 5.90 Å². The molecule has 3 unspecified atom stereocenters. The van der Waals surface area contributed by atoms with E-state index in [9.17, 15) is 0 Å². The van der Waals surface area contributed by atoms with Gasteiger partial charge in [-0.15, -0.1) is 0 Å². The van der Waals surface area contributed by atoms with E-state index in [1.165, 1.54) is 12.8 Å². The van der Waals surface area contributed by atoms with E-state index >= 15 is 0 Å². The molecule has 1 aromatic carbocycles. The number of ether oxygens (including phenoxy) is 1. The number of rotatable bonds is 1. The largest absolute Gasteiger partial charge is 0.471 e. The smallest absolute Gasteiger partial charge is 0.216 e. The lowest BCUT2D eigenvalue weighted by molar-refractivity contribution is 0.162. The molecule has 1 aliphatic heterocycles. The molecule has 84 valence electrons. The van der Waals surface area contributed by atoms with E-state index in [0.717, 1.165) is 17.9 Å². The summed E-state index contributed by atoms with van der Waals surface area (Å²) in [5.74, 6) is 0.821. The van der Waals surface area contributed by atoms with E-state index in [0.29, 0.717) is 10.9 Å². The van der Waals surface area contributed by atoms with E-state index in [2.05, 4.69) is 28.1 Å². The number of halogens is 1. The summed E-state index contributed by atoms with van der Waals surface area (Å²) >= 11 is 3.70. The molecule has 1 saturated carbocycles. The summed E-state index contributed by atoms with van der Waals surface area (Å²) in [5, 5.41) is 0. The summed E-state index contributed by atoms with van der Waals surface area (Å²) in [4.78, 5) is 5.15. The quantitative estimate of drug-likeness (QED) is 0.724. The molecule has 1 aliphatic carbocycles. The molecule has 0 saturated heterocycles. The van der Waals surface area contributed by atoms with Crippen LogP contribution in [0.3, 0.4) is 0 Å². The van der Waals surface area contributed by atoms with Gasteiger partial charge in [-0.3, -0.25) is 0 Å². The first-order chi connectivity index (χ1) is 7.84. The van der Waals surface area contributed by atoms with Crippen LogP contribution in [0.5, 0.6) is 0 Å². The monoisotopic (exact) mass is 279 g/mol. The minimum Gasteiger partial charge on any atom is -0.471 e. The number of hydrogen-bond donors (Lipinski definition) is 0. The van der Waals surface area contributed by atoms with Gasteiger partial charge in [0.25, 0.3) is 0 Å². The minimum absolute atomic E-state index is 0.240. The Bertz CT molecular complexity index is 404. The normalized spacial score (nSPS) is 32.8. The number of alkyl halides is 1. The van der Waals surface area contributed by atoms with Crippen LogP contribution in [0.25, 0.3) is 0 Å². The van der Waals surface area contributed by atoms with Crippen molar-refractivity contribution >= 4 is 21.8 Å². The molecule has 0 spiro atoms. The highest BCUT2D eigenvalue weighted by Crippen LogP contribution is 2.34. The molecule has 16 heavy (non-hydrogen) atoms. The maximum absolute atomic E-state index is 5.97. The van der Waals surface area contributed by atoms with Crippen LogP contribution >= 0.6 is 15.9 Å². The van der Waals surface area contributed by atoms with Gasteiger partial charge in [-0.05, 0) is 31.4 Å². The van der Waals surface area contributed by atoms with Gasteiger partial charge in [0.15, 0.2) is 0 Å². The van der Waals surface area contributed by atoms with Crippen molar-refractivity contribution in [1.29, 1.82) is 0 Å². The van der Waals surface area contributed by atoms with Crippen molar-refractivity contribution in [3.05, 3.63) is 35.9 Å². The van der Waals surface area contributed by atoms with Gasteiger partial charge in [0.05, 0.1) is 10.9 Å². The van der Waals surface area contributed by atoms with E-state index in [1.54, 1.807) is 0 Å². The van der Waals surface area contributed by atoms with Gasteiger partial charge in [-0.25, -0.2) is 4.99 Å². The summed E-state index contributed by atoms with van der Waals surface area (Å²) in [6.07, 6.45) is 3.83. The van der Waals surface area contributed by atoms with Crippen molar-refractivity contribution in [3.8, 4) is 0 Å². The highest BCUT2D eigenvalue weighted by Gasteiger charge is 2.38. The van der Waals surface area contributed by atoms with Crippen LogP contribution < -0.4 is 0 Å². The third-order valence-corrected chi connectivity index (χ3v) is 4.25. The van der Waals surface area contributed by atoms with Crippen LogP contribution in [0.1, 0.15) is 24.8 Å². The second kappa shape index (κ2) is 4.21. The molecule has 3 heteroatoms. The summed E-state index contributed by atoms with van der Waals surface area (Å²) in [6, 6.07) is 10.5. The topological polar surface area (TPSA) is 21.6 Å². The standard InChI is InChI=1S/C13H14BrNO/c14-10-7-4-8-11-12(10)16-13(15-11)9-5-2-1-3-6-9/h1-3,5-6,10-12H,4,7-8H2. The summed E-state index contributed by atoms with van der Waals surface area (Å²) in [6.45, 7) is 0. The van der Waals surface area contributed by atoms with Gasteiger partial charge < -0.3 is 4.74 Å². The third kappa shape index (κ3) is 1.77. The molecule has 1 fully saturated rings. The first-order valence-electron chi connectivity index (χ1n) is 5.78. The van der Waals surface area contributed by atoms with Crippen molar-refractivity contribution in [1.82, 2.24) is 0 Å². The number of hydrogen-bond acceptors (Lipinski definition) is 2. The van der Waals surface area contributed by atoms with E-state index in [4.69, 9.17) is 9.73 Å².